The molecule has 1 aliphatic heterocycles. The number of amides is 1. The van der Waals surface area contributed by atoms with Gasteiger partial charge in [-0.2, -0.15) is 0 Å². The molecule has 2 heterocycles. The molecule has 1 amide bonds. The number of piperidine rings is 1. The zero-order valence-corrected chi connectivity index (χ0v) is 15.6. The highest BCUT2D eigenvalue weighted by Gasteiger charge is 2.25. The summed E-state index contributed by atoms with van der Waals surface area (Å²) in [7, 11) is 0. The van der Waals surface area contributed by atoms with Crippen LogP contribution < -0.4 is 0 Å². The molecule has 1 fully saturated rings. The van der Waals surface area contributed by atoms with Gasteiger partial charge in [-0.15, -0.1) is 11.3 Å². The van der Waals surface area contributed by atoms with Gasteiger partial charge in [0.25, 0.3) is 5.91 Å². The number of nitrogens with zero attached hydrogens (tertiary/aromatic N) is 2. The van der Waals surface area contributed by atoms with Crippen LogP contribution in [0.4, 0.5) is 4.39 Å². The molecular formula is C19H21FN2O3S. The maximum Gasteiger partial charge on any atom is 0.350 e. The van der Waals surface area contributed by atoms with Crippen LogP contribution in [0.15, 0.2) is 24.3 Å². The molecule has 1 saturated heterocycles. The van der Waals surface area contributed by atoms with Crippen LogP contribution in [0, 0.1) is 12.7 Å². The van der Waals surface area contributed by atoms with Crippen LogP contribution in [-0.2, 0) is 9.53 Å². The van der Waals surface area contributed by atoms with Crippen LogP contribution >= 0.6 is 11.3 Å². The molecular weight excluding hydrogens is 355 g/mol. The summed E-state index contributed by atoms with van der Waals surface area (Å²) >= 11 is 1.18. The van der Waals surface area contributed by atoms with Crippen molar-refractivity contribution in [3.8, 4) is 10.6 Å². The molecule has 0 bridgehead atoms. The highest BCUT2D eigenvalue weighted by Crippen LogP contribution is 2.28. The Labute approximate surface area is 155 Å². The van der Waals surface area contributed by atoms with Gasteiger partial charge in [0, 0.05) is 18.2 Å². The van der Waals surface area contributed by atoms with Crippen LogP contribution in [0.3, 0.4) is 0 Å². The van der Waals surface area contributed by atoms with E-state index >= 15 is 0 Å². The molecule has 0 saturated carbocycles. The first kappa shape index (κ1) is 18.5. The van der Waals surface area contributed by atoms with Gasteiger partial charge in [-0.25, -0.2) is 14.2 Å². The number of carbonyl (C=O) groups excluding carboxylic acids is 2. The first-order valence-electron chi connectivity index (χ1n) is 8.65. The summed E-state index contributed by atoms with van der Waals surface area (Å²) in [5.41, 5.74) is 1.27. The molecule has 138 valence electrons. The maximum absolute atomic E-state index is 13.0. The van der Waals surface area contributed by atoms with Crippen molar-refractivity contribution in [3.63, 3.8) is 0 Å². The van der Waals surface area contributed by atoms with Crippen molar-refractivity contribution in [3.05, 3.63) is 40.7 Å². The summed E-state index contributed by atoms with van der Waals surface area (Å²) < 4.78 is 18.3. The van der Waals surface area contributed by atoms with E-state index in [1.807, 2.05) is 6.92 Å². The molecule has 0 unspecified atom stereocenters. The molecule has 1 atom stereocenters. The number of ether oxygens (including phenoxy) is 1. The Morgan fingerprint density at radius 1 is 1.31 bits per heavy atom. The number of hydrogen-bond acceptors (Lipinski definition) is 5. The van der Waals surface area contributed by atoms with Gasteiger partial charge in [0.15, 0.2) is 6.61 Å². The average molecular weight is 376 g/mol. The second-order valence-electron chi connectivity index (χ2n) is 6.45. The molecule has 0 N–H and O–H groups in total. The van der Waals surface area contributed by atoms with E-state index in [2.05, 4.69) is 4.98 Å². The first-order chi connectivity index (χ1) is 12.5. The largest absolute Gasteiger partial charge is 0.451 e. The Kier molecular flexibility index (Phi) is 5.66. The van der Waals surface area contributed by atoms with E-state index in [0.717, 1.165) is 24.8 Å². The Hall–Kier alpha value is -2.28. The third-order valence-corrected chi connectivity index (χ3v) is 5.71. The van der Waals surface area contributed by atoms with Gasteiger partial charge in [-0.1, -0.05) is 0 Å². The maximum atomic E-state index is 13.0. The average Bonchev–Trinajstić information content (AvgIpc) is 3.02. The number of benzene rings is 1. The lowest BCUT2D eigenvalue weighted by atomic mass is 10.0. The summed E-state index contributed by atoms with van der Waals surface area (Å²) in [6.45, 7) is 4.19. The summed E-state index contributed by atoms with van der Waals surface area (Å²) in [5.74, 6) is -1.04. The fourth-order valence-electron chi connectivity index (χ4n) is 3.05. The summed E-state index contributed by atoms with van der Waals surface area (Å²) in [5, 5.41) is 0.616. The highest BCUT2D eigenvalue weighted by atomic mass is 32.1. The molecule has 1 aromatic carbocycles. The lowest BCUT2D eigenvalue weighted by molar-refractivity contribution is -0.137. The Morgan fingerprint density at radius 2 is 2.04 bits per heavy atom. The molecule has 0 aliphatic carbocycles. The van der Waals surface area contributed by atoms with Gasteiger partial charge in [0.1, 0.15) is 15.7 Å². The van der Waals surface area contributed by atoms with E-state index in [1.54, 1.807) is 24.0 Å². The number of thiazole rings is 1. The Bertz CT molecular complexity index is 804. The molecule has 7 heteroatoms. The van der Waals surface area contributed by atoms with Crippen molar-refractivity contribution < 1.29 is 18.7 Å². The molecule has 1 aromatic heterocycles. The quantitative estimate of drug-likeness (QED) is 0.761. The van der Waals surface area contributed by atoms with Crippen LogP contribution in [0.5, 0.6) is 0 Å². The number of rotatable bonds is 4. The normalized spacial score (nSPS) is 17.2. The highest BCUT2D eigenvalue weighted by molar-refractivity contribution is 7.17. The lowest BCUT2D eigenvalue weighted by Crippen LogP contribution is -2.44. The second-order valence-corrected chi connectivity index (χ2v) is 7.45. The van der Waals surface area contributed by atoms with E-state index < -0.39 is 5.97 Å². The monoisotopic (exact) mass is 376 g/mol. The van der Waals surface area contributed by atoms with E-state index in [0.29, 0.717) is 22.1 Å². The number of halogens is 1. The number of likely N-dealkylation sites (tertiary alicyclic amines) is 1. The SMILES string of the molecule is Cc1nc(-c2ccc(F)cc2)sc1C(=O)OCC(=O)N1CCCC[C@@H]1C. The summed E-state index contributed by atoms with van der Waals surface area (Å²) in [6, 6.07) is 6.11. The van der Waals surface area contributed by atoms with Crippen molar-refractivity contribution >= 4 is 23.2 Å². The van der Waals surface area contributed by atoms with Crippen LogP contribution in [0.2, 0.25) is 0 Å². The smallest absolute Gasteiger partial charge is 0.350 e. The Balaban J connectivity index is 1.64. The minimum absolute atomic E-state index is 0.161. The van der Waals surface area contributed by atoms with Crippen LogP contribution in [0.25, 0.3) is 10.6 Å². The summed E-state index contributed by atoms with van der Waals surface area (Å²) in [6.07, 6.45) is 3.09. The molecule has 2 aromatic rings. The fraction of sp³-hybridized carbons (Fsp3) is 0.421. The van der Waals surface area contributed by atoms with Crippen molar-refractivity contribution in [2.75, 3.05) is 13.2 Å². The number of aromatic nitrogens is 1. The minimum Gasteiger partial charge on any atom is -0.451 e. The van der Waals surface area contributed by atoms with Crippen molar-refractivity contribution in [2.45, 2.75) is 39.2 Å². The minimum atomic E-state index is -0.550. The fourth-order valence-corrected chi connectivity index (χ4v) is 4.01. The van der Waals surface area contributed by atoms with Gasteiger partial charge >= 0.3 is 5.97 Å². The zero-order chi connectivity index (χ0) is 18.7. The number of esters is 1. The number of hydrogen-bond donors (Lipinski definition) is 0. The molecule has 1 aliphatic rings. The van der Waals surface area contributed by atoms with Gasteiger partial charge in [0.2, 0.25) is 0 Å². The predicted molar refractivity (Wildman–Crippen MR) is 97.6 cm³/mol. The van der Waals surface area contributed by atoms with Gasteiger partial charge in [-0.3, -0.25) is 4.79 Å². The van der Waals surface area contributed by atoms with Gasteiger partial charge in [0.05, 0.1) is 5.69 Å². The number of carbonyl (C=O) groups is 2. The van der Waals surface area contributed by atoms with Crippen molar-refractivity contribution in [2.24, 2.45) is 0 Å². The van der Waals surface area contributed by atoms with E-state index in [1.165, 1.54) is 23.5 Å². The second kappa shape index (κ2) is 7.95. The van der Waals surface area contributed by atoms with E-state index in [-0.39, 0.29) is 24.4 Å². The molecule has 3 rings (SSSR count). The molecule has 5 nitrogen and oxygen atoms in total. The third kappa shape index (κ3) is 4.09. The van der Waals surface area contributed by atoms with E-state index in [9.17, 15) is 14.0 Å². The lowest BCUT2D eigenvalue weighted by Gasteiger charge is -2.33. The first-order valence-corrected chi connectivity index (χ1v) is 9.47. The summed E-state index contributed by atoms with van der Waals surface area (Å²) in [4.78, 5) is 31.1. The van der Waals surface area contributed by atoms with Gasteiger partial charge in [-0.05, 0) is 57.4 Å². The Morgan fingerprint density at radius 3 is 2.73 bits per heavy atom. The van der Waals surface area contributed by atoms with E-state index in [4.69, 9.17) is 4.74 Å². The number of aryl methyl sites for hydroxylation is 1. The molecule has 0 radical (unpaired) electrons. The van der Waals surface area contributed by atoms with Crippen LogP contribution in [-0.4, -0.2) is 41.0 Å². The molecule has 0 spiro atoms. The zero-order valence-electron chi connectivity index (χ0n) is 14.8. The topological polar surface area (TPSA) is 59.5 Å². The van der Waals surface area contributed by atoms with Gasteiger partial charge < -0.3 is 9.64 Å². The van der Waals surface area contributed by atoms with Crippen molar-refractivity contribution in [1.29, 1.82) is 0 Å². The standard InChI is InChI=1S/C19H21FN2O3S/c1-12-5-3-4-10-22(12)16(23)11-25-19(24)17-13(2)21-18(26-17)14-6-8-15(20)9-7-14/h6-9,12H,3-5,10-11H2,1-2H3/t12-/m0/s1. The van der Waals surface area contributed by atoms with Crippen LogP contribution in [0.1, 0.15) is 41.6 Å². The third-order valence-electron chi connectivity index (χ3n) is 4.52. The van der Waals surface area contributed by atoms with Crippen molar-refractivity contribution in [1.82, 2.24) is 9.88 Å². The molecule has 26 heavy (non-hydrogen) atoms. The predicted octanol–water partition coefficient (Wildman–Crippen LogP) is 3.82.